The normalized spacial score (nSPS) is 36.0. The van der Waals surface area contributed by atoms with E-state index in [0.717, 1.165) is 48.3 Å². The summed E-state index contributed by atoms with van der Waals surface area (Å²) >= 11 is 0. The van der Waals surface area contributed by atoms with Gasteiger partial charge in [0, 0.05) is 26.0 Å². The van der Waals surface area contributed by atoms with Gasteiger partial charge in [0.15, 0.2) is 0 Å². The number of nitrogens with two attached hydrogens (primary N) is 1. The first-order valence-corrected chi connectivity index (χ1v) is 16.9. The van der Waals surface area contributed by atoms with Crippen LogP contribution in [0, 0.1) is 46.3 Å². The lowest BCUT2D eigenvalue weighted by Gasteiger charge is -2.58. The van der Waals surface area contributed by atoms with E-state index >= 15 is 0 Å². The van der Waals surface area contributed by atoms with Crippen molar-refractivity contribution in [2.75, 3.05) is 33.0 Å². The Kier molecular flexibility index (Phi) is 11.6. The van der Waals surface area contributed by atoms with E-state index in [4.69, 9.17) is 19.9 Å². The highest BCUT2D eigenvalue weighted by Crippen LogP contribution is 2.67. The molecule has 0 unspecified atom stereocenters. The lowest BCUT2D eigenvalue weighted by atomic mass is 9.47. The average Bonchev–Trinajstić information content (AvgIpc) is 3.27. The van der Waals surface area contributed by atoms with Crippen molar-refractivity contribution >= 4 is 5.97 Å². The Morgan fingerprint density at radius 2 is 1.73 bits per heavy atom. The van der Waals surface area contributed by atoms with Gasteiger partial charge in [0.2, 0.25) is 0 Å². The molecule has 4 aliphatic carbocycles. The van der Waals surface area contributed by atoms with Gasteiger partial charge in [0.25, 0.3) is 0 Å². The molecule has 0 heterocycles. The molecule has 8 atom stereocenters. The lowest BCUT2D eigenvalue weighted by molar-refractivity contribution is -0.152. The molecule has 0 amide bonds. The van der Waals surface area contributed by atoms with E-state index < -0.39 is 0 Å². The third-order valence-corrected chi connectivity index (χ3v) is 11.9. The first kappa shape index (κ1) is 32.0. The van der Waals surface area contributed by atoms with Gasteiger partial charge in [-0.1, -0.05) is 65.5 Å². The molecule has 3 saturated carbocycles. The molecule has 230 valence electrons. The number of carbonyl (C=O) groups is 1. The summed E-state index contributed by atoms with van der Waals surface area (Å²) in [6, 6.07) is 0. The fraction of sp³-hybridized carbons (Fsp3) is 0.914. The van der Waals surface area contributed by atoms with Gasteiger partial charge in [0.05, 0.1) is 19.8 Å². The molecule has 2 N–H and O–H groups in total. The van der Waals surface area contributed by atoms with Crippen molar-refractivity contribution in [2.45, 2.75) is 124 Å². The second-order valence-corrected chi connectivity index (χ2v) is 14.8. The van der Waals surface area contributed by atoms with E-state index in [-0.39, 0.29) is 12.1 Å². The van der Waals surface area contributed by atoms with E-state index in [1.54, 1.807) is 5.57 Å². The van der Waals surface area contributed by atoms with Gasteiger partial charge in [-0.3, -0.25) is 4.79 Å². The van der Waals surface area contributed by atoms with Crippen LogP contribution in [0.1, 0.15) is 118 Å². The Hall–Kier alpha value is -0.910. The van der Waals surface area contributed by atoms with Crippen molar-refractivity contribution in [3.63, 3.8) is 0 Å². The van der Waals surface area contributed by atoms with Crippen LogP contribution in [0.3, 0.4) is 0 Å². The molecule has 40 heavy (non-hydrogen) atoms. The highest BCUT2D eigenvalue weighted by molar-refractivity contribution is 5.69. The van der Waals surface area contributed by atoms with Crippen LogP contribution in [0.2, 0.25) is 0 Å². The summed E-state index contributed by atoms with van der Waals surface area (Å²) in [6.45, 7) is 15.3. The van der Waals surface area contributed by atoms with Crippen molar-refractivity contribution in [3.05, 3.63) is 11.6 Å². The number of rotatable bonds is 15. The Balaban J connectivity index is 1.26. The molecule has 0 saturated heterocycles. The average molecular weight is 560 g/mol. The predicted molar refractivity (Wildman–Crippen MR) is 163 cm³/mol. The van der Waals surface area contributed by atoms with E-state index in [1.807, 2.05) is 0 Å². The zero-order chi connectivity index (χ0) is 28.8. The monoisotopic (exact) mass is 559 g/mol. The molecule has 5 heteroatoms. The smallest absolute Gasteiger partial charge is 0.306 e. The zero-order valence-electron chi connectivity index (χ0n) is 26.6. The second kappa shape index (κ2) is 14.5. The fourth-order valence-electron chi connectivity index (χ4n) is 9.72. The topological polar surface area (TPSA) is 70.8 Å². The lowest BCUT2D eigenvalue weighted by Crippen LogP contribution is -2.51. The van der Waals surface area contributed by atoms with Crippen molar-refractivity contribution in [1.29, 1.82) is 0 Å². The maximum absolute atomic E-state index is 12.6. The van der Waals surface area contributed by atoms with Crippen molar-refractivity contribution in [1.82, 2.24) is 0 Å². The third kappa shape index (κ3) is 7.35. The van der Waals surface area contributed by atoms with E-state index in [1.165, 1.54) is 57.8 Å². The van der Waals surface area contributed by atoms with Gasteiger partial charge >= 0.3 is 5.97 Å². The van der Waals surface area contributed by atoms with Crippen LogP contribution >= 0.6 is 0 Å². The third-order valence-electron chi connectivity index (χ3n) is 11.9. The molecule has 0 aromatic heterocycles. The van der Waals surface area contributed by atoms with Gasteiger partial charge < -0.3 is 19.9 Å². The van der Waals surface area contributed by atoms with Gasteiger partial charge in [-0.05, 0) is 97.7 Å². The highest BCUT2D eigenvalue weighted by Gasteiger charge is 2.59. The van der Waals surface area contributed by atoms with Crippen molar-refractivity contribution < 1.29 is 19.0 Å². The van der Waals surface area contributed by atoms with Crippen LogP contribution in [-0.2, 0) is 19.0 Å². The molecule has 4 aliphatic rings. The minimum absolute atomic E-state index is 0.0466. The Bertz CT molecular complexity index is 841. The largest absolute Gasteiger partial charge is 0.462 e. The standard InChI is InChI=1S/C35H61NO4/c1-25(2)8-6-9-26(3)30-13-14-31-29-12-11-27-24-28(15-17-34(27,4)32(29)16-18-35(30,31)5)40-33(37)10-7-20-38-22-23-39-21-19-36/h11,25-26,28-32H,6-10,12-24,36H2,1-5H3/t26-,28+,29+,30+,31-,32-,34+,35-/m1/s1. The Morgan fingerprint density at radius 1 is 0.950 bits per heavy atom. The van der Waals surface area contributed by atoms with Crippen molar-refractivity contribution in [3.8, 4) is 0 Å². The van der Waals surface area contributed by atoms with Crippen LogP contribution < -0.4 is 5.73 Å². The maximum atomic E-state index is 12.6. The Morgan fingerprint density at radius 3 is 2.48 bits per heavy atom. The highest BCUT2D eigenvalue weighted by atomic mass is 16.5. The molecule has 0 aromatic rings. The fourth-order valence-corrected chi connectivity index (χ4v) is 9.72. The molecule has 4 rings (SSSR count). The molecular weight excluding hydrogens is 498 g/mol. The molecule has 0 aromatic carbocycles. The number of esters is 1. The minimum Gasteiger partial charge on any atom is -0.462 e. The Labute approximate surface area is 245 Å². The van der Waals surface area contributed by atoms with Crippen LogP contribution in [0.4, 0.5) is 0 Å². The number of ether oxygens (including phenoxy) is 3. The summed E-state index contributed by atoms with van der Waals surface area (Å²) in [4.78, 5) is 12.6. The summed E-state index contributed by atoms with van der Waals surface area (Å²) in [5.41, 5.74) is 7.84. The predicted octanol–water partition coefficient (Wildman–Crippen LogP) is 7.71. The summed E-state index contributed by atoms with van der Waals surface area (Å²) in [5, 5.41) is 0. The van der Waals surface area contributed by atoms with Gasteiger partial charge in [0.1, 0.15) is 6.10 Å². The SMILES string of the molecule is CC(C)CCC[C@@H](C)[C@@H]1CC[C@@H]2[C@@H]3CC=C4C[C@@H](OC(=O)CCCOCCOCCN)CC[C@]4(C)[C@@H]3CC[C@@]21C. The zero-order valence-corrected chi connectivity index (χ0v) is 26.6. The minimum atomic E-state index is -0.0705. The summed E-state index contributed by atoms with van der Waals surface area (Å²) in [5.74, 6) is 5.08. The number of hydrogen-bond acceptors (Lipinski definition) is 5. The quantitative estimate of drug-likeness (QED) is 0.126. The van der Waals surface area contributed by atoms with E-state index in [2.05, 4.69) is 40.7 Å². The molecule has 0 spiro atoms. The maximum Gasteiger partial charge on any atom is 0.306 e. The summed E-state index contributed by atoms with van der Waals surface area (Å²) in [6.07, 6.45) is 18.0. The number of hydrogen-bond donors (Lipinski definition) is 1. The molecule has 5 nitrogen and oxygen atoms in total. The van der Waals surface area contributed by atoms with Crippen LogP contribution in [0.5, 0.6) is 0 Å². The summed E-state index contributed by atoms with van der Waals surface area (Å²) in [7, 11) is 0. The first-order chi connectivity index (χ1) is 19.2. The number of allylic oxidation sites excluding steroid dienone is 1. The molecule has 3 fully saturated rings. The van der Waals surface area contributed by atoms with E-state index in [0.29, 0.717) is 56.6 Å². The first-order valence-electron chi connectivity index (χ1n) is 16.9. The van der Waals surface area contributed by atoms with Gasteiger partial charge in [-0.15, -0.1) is 0 Å². The van der Waals surface area contributed by atoms with E-state index in [9.17, 15) is 4.79 Å². The molecule has 0 aliphatic heterocycles. The summed E-state index contributed by atoms with van der Waals surface area (Å²) < 4.78 is 16.8. The number of fused-ring (bicyclic) bond motifs is 5. The van der Waals surface area contributed by atoms with Crippen LogP contribution in [0.15, 0.2) is 11.6 Å². The van der Waals surface area contributed by atoms with Crippen LogP contribution in [-0.4, -0.2) is 45.0 Å². The molecule has 0 radical (unpaired) electrons. The van der Waals surface area contributed by atoms with Crippen molar-refractivity contribution in [2.24, 2.45) is 52.1 Å². The van der Waals surface area contributed by atoms with Gasteiger partial charge in [-0.2, -0.15) is 0 Å². The van der Waals surface area contributed by atoms with Gasteiger partial charge in [-0.25, -0.2) is 0 Å². The number of carbonyl (C=O) groups excluding carboxylic acids is 1. The second-order valence-electron chi connectivity index (χ2n) is 14.8. The molecular formula is C35H61NO4. The molecule has 0 bridgehead atoms. The van der Waals surface area contributed by atoms with Crippen LogP contribution in [0.25, 0.3) is 0 Å².